The molecule has 5 nitrogen and oxygen atoms in total. The van der Waals surface area contributed by atoms with Crippen LogP contribution in [0.2, 0.25) is 5.02 Å². The minimum absolute atomic E-state index is 0.151. The van der Waals surface area contributed by atoms with Gasteiger partial charge in [0.2, 0.25) is 0 Å². The van der Waals surface area contributed by atoms with Crippen molar-refractivity contribution in [3.8, 4) is 0 Å². The molecule has 1 atom stereocenters. The fourth-order valence-electron chi connectivity index (χ4n) is 2.58. The number of halogens is 1. The summed E-state index contributed by atoms with van der Waals surface area (Å²) in [5.41, 5.74) is 1.08. The van der Waals surface area contributed by atoms with Crippen LogP contribution >= 0.6 is 23.4 Å². The van der Waals surface area contributed by atoms with E-state index >= 15 is 0 Å². The van der Waals surface area contributed by atoms with E-state index in [0.29, 0.717) is 13.1 Å². The Morgan fingerprint density at radius 2 is 2.09 bits per heavy atom. The van der Waals surface area contributed by atoms with E-state index in [9.17, 15) is 9.59 Å². The number of carbonyl (C=O) groups is 1. The molecule has 0 saturated carbocycles. The summed E-state index contributed by atoms with van der Waals surface area (Å²) in [5, 5.41) is 7.17. The maximum atomic E-state index is 12.5. The van der Waals surface area contributed by atoms with Gasteiger partial charge in [-0.3, -0.25) is 9.59 Å². The average molecular weight is 350 g/mol. The Hall–Kier alpha value is -1.79. The molecule has 0 aliphatic carbocycles. The minimum atomic E-state index is -0.313. The van der Waals surface area contributed by atoms with E-state index in [1.54, 1.807) is 4.90 Å². The second-order valence-electron chi connectivity index (χ2n) is 5.27. The number of amides is 1. The van der Waals surface area contributed by atoms with E-state index in [1.807, 2.05) is 36.0 Å². The number of aromatic amines is 1. The van der Waals surface area contributed by atoms with Gasteiger partial charge in [0.15, 0.2) is 0 Å². The lowest BCUT2D eigenvalue weighted by Gasteiger charge is -2.19. The second-order valence-corrected chi connectivity index (χ2v) is 6.99. The van der Waals surface area contributed by atoms with Crippen molar-refractivity contribution in [2.75, 3.05) is 18.8 Å². The Morgan fingerprint density at radius 3 is 2.83 bits per heavy atom. The molecule has 23 heavy (non-hydrogen) atoms. The van der Waals surface area contributed by atoms with Crippen LogP contribution in [0.4, 0.5) is 0 Å². The number of thioether (sulfide) groups is 1. The molecule has 1 N–H and O–H groups in total. The number of hydrogen-bond acceptors (Lipinski definition) is 4. The first-order valence-electron chi connectivity index (χ1n) is 7.36. The maximum Gasteiger partial charge on any atom is 0.274 e. The molecule has 1 fully saturated rings. The largest absolute Gasteiger partial charge is 0.336 e. The van der Waals surface area contributed by atoms with Gasteiger partial charge in [0.05, 0.1) is 0 Å². The van der Waals surface area contributed by atoms with E-state index in [4.69, 9.17) is 11.6 Å². The van der Waals surface area contributed by atoms with Crippen LogP contribution < -0.4 is 5.56 Å². The van der Waals surface area contributed by atoms with Gasteiger partial charge in [-0.25, -0.2) is 5.10 Å². The number of benzene rings is 1. The van der Waals surface area contributed by atoms with E-state index in [2.05, 4.69) is 10.2 Å². The fraction of sp³-hybridized carbons (Fsp3) is 0.312. The third kappa shape index (κ3) is 3.76. The number of carbonyl (C=O) groups excluding carboxylic acids is 1. The summed E-state index contributed by atoms with van der Waals surface area (Å²) in [6.45, 7) is 1.30. The zero-order valence-electron chi connectivity index (χ0n) is 12.4. The van der Waals surface area contributed by atoms with Crippen LogP contribution in [0, 0.1) is 0 Å². The van der Waals surface area contributed by atoms with Crippen molar-refractivity contribution >= 4 is 29.3 Å². The van der Waals surface area contributed by atoms with Gasteiger partial charge in [-0.2, -0.15) is 16.9 Å². The highest BCUT2D eigenvalue weighted by molar-refractivity contribution is 7.99. The average Bonchev–Trinajstić information content (AvgIpc) is 2.81. The van der Waals surface area contributed by atoms with Crippen molar-refractivity contribution in [3.63, 3.8) is 0 Å². The fourth-order valence-corrected chi connectivity index (χ4v) is 4.18. The lowest BCUT2D eigenvalue weighted by Crippen LogP contribution is -2.34. The van der Waals surface area contributed by atoms with Gasteiger partial charge in [-0.1, -0.05) is 29.8 Å². The number of nitrogens with zero attached hydrogens (tertiary/aromatic N) is 2. The number of rotatable bonds is 2. The number of aromatic nitrogens is 2. The van der Waals surface area contributed by atoms with Gasteiger partial charge in [0.25, 0.3) is 11.5 Å². The van der Waals surface area contributed by atoms with Crippen LogP contribution in [0.25, 0.3) is 0 Å². The summed E-state index contributed by atoms with van der Waals surface area (Å²) in [7, 11) is 0. The molecule has 1 saturated heterocycles. The zero-order valence-corrected chi connectivity index (χ0v) is 13.9. The molecule has 1 amide bonds. The molecule has 1 aliphatic heterocycles. The van der Waals surface area contributed by atoms with Crippen LogP contribution in [0.3, 0.4) is 0 Å². The Morgan fingerprint density at radius 1 is 1.26 bits per heavy atom. The molecule has 1 unspecified atom stereocenters. The topological polar surface area (TPSA) is 66.1 Å². The van der Waals surface area contributed by atoms with Crippen molar-refractivity contribution in [1.29, 1.82) is 0 Å². The van der Waals surface area contributed by atoms with Crippen molar-refractivity contribution in [2.24, 2.45) is 0 Å². The van der Waals surface area contributed by atoms with Crippen molar-refractivity contribution < 1.29 is 4.79 Å². The van der Waals surface area contributed by atoms with E-state index in [-0.39, 0.29) is 22.4 Å². The molecule has 3 rings (SSSR count). The van der Waals surface area contributed by atoms with Crippen molar-refractivity contribution in [1.82, 2.24) is 15.1 Å². The number of hydrogen-bond donors (Lipinski definition) is 1. The standard InChI is InChI=1S/C16H16ClN3O2S/c17-12-4-2-1-3-11(12)14-7-8-20(9-10-23-14)16(22)13-5-6-15(21)19-18-13/h1-6,14H,7-10H2,(H,19,21). The lowest BCUT2D eigenvalue weighted by atomic mass is 10.1. The Labute approximate surface area is 143 Å². The minimum Gasteiger partial charge on any atom is -0.336 e. The van der Waals surface area contributed by atoms with E-state index < -0.39 is 0 Å². The molecule has 0 spiro atoms. The van der Waals surface area contributed by atoms with Crippen LogP contribution in [-0.4, -0.2) is 39.8 Å². The summed E-state index contributed by atoms with van der Waals surface area (Å²) in [4.78, 5) is 25.3. The van der Waals surface area contributed by atoms with Crippen LogP contribution in [0.15, 0.2) is 41.2 Å². The summed E-state index contributed by atoms with van der Waals surface area (Å²) in [6, 6.07) is 10.6. The van der Waals surface area contributed by atoms with Gasteiger partial charge < -0.3 is 4.90 Å². The summed E-state index contributed by atoms with van der Waals surface area (Å²) in [6.07, 6.45) is 0.837. The molecule has 2 aromatic rings. The third-order valence-corrected chi connectivity index (χ3v) is 5.43. The molecular formula is C16H16ClN3O2S. The molecule has 1 aliphatic rings. The van der Waals surface area contributed by atoms with Gasteiger partial charge >= 0.3 is 0 Å². The molecule has 0 bridgehead atoms. The van der Waals surface area contributed by atoms with Crippen molar-refractivity contribution in [3.05, 3.63) is 63.0 Å². The Bertz CT molecular complexity index is 744. The Kier molecular flexibility index (Phi) is 5.03. The monoisotopic (exact) mass is 349 g/mol. The summed E-state index contributed by atoms with van der Waals surface area (Å²) >= 11 is 8.10. The molecule has 120 valence electrons. The molecular weight excluding hydrogens is 334 g/mol. The summed E-state index contributed by atoms with van der Waals surface area (Å²) < 4.78 is 0. The van der Waals surface area contributed by atoms with Crippen LogP contribution in [0.5, 0.6) is 0 Å². The maximum absolute atomic E-state index is 12.5. The normalized spacial score (nSPS) is 18.5. The quantitative estimate of drug-likeness (QED) is 0.905. The lowest BCUT2D eigenvalue weighted by molar-refractivity contribution is 0.0759. The van der Waals surface area contributed by atoms with Crippen LogP contribution in [0.1, 0.15) is 27.7 Å². The molecule has 1 aromatic heterocycles. The molecule has 0 radical (unpaired) electrons. The van der Waals surface area contributed by atoms with E-state index in [0.717, 1.165) is 22.8 Å². The predicted molar refractivity (Wildman–Crippen MR) is 92.0 cm³/mol. The van der Waals surface area contributed by atoms with Gasteiger partial charge in [0, 0.05) is 35.2 Å². The van der Waals surface area contributed by atoms with Crippen molar-refractivity contribution in [2.45, 2.75) is 11.7 Å². The summed E-state index contributed by atoms with van der Waals surface area (Å²) in [5.74, 6) is 0.687. The van der Waals surface area contributed by atoms with Gasteiger partial charge in [0.1, 0.15) is 5.69 Å². The first-order chi connectivity index (χ1) is 11.1. The van der Waals surface area contributed by atoms with Gasteiger partial charge in [-0.05, 0) is 24.1 Å². The van der Waals surface area contributed by atoms with E-state index in [1.165, 1.54) is 12.1 Å². The zero-order chi connectivity index (χ0) is 16.2. The Balaban J connectivity index is 1.71. The molecule has 2 heterocycles. The highest BCUT2D eigenvalue weighted by atomic mass is 35.5. The highest BCUT2D eigenvalue weighted by Gasteiger charge is 2.24. The second kappa shape index (κ2) is 7.19. The number of H-pyrrole nitrogens is 1. The first kappa shape index (κ1) is 16.1. The highest BCUT2D eigenvalue weighted by Crippen LogP contribution is 2.37. The predicted octanol–water partition coefficient (Wildman–Crippen LogP) is 2.74. The first-order valence-corrected chi connectivity index (χ1v) is 8.79. The van der Waals surface area contributed by atoms with Gasteiger partial charge in [-0.15, -0.1) is 0 Å². The smallest absolute Gasteiger partial charge is 0.274 e. The molecule has 1 aromatic carbocycles. The SMILES string of the molecule is O=C(c1ccc(=O)[nH]n1)N1CCSC(c2ccccc2Cl)CC1. The third-order valence-electron chi connectivity index (χ3n) is 3.78. The molecule has 7 heteroatoms. The van der Waals surface area contributed by atoms with Crippen LogP contribution in [-0.2, 0) is 0 Å². The number of nitrogens with one attached hydrogen (secondary N) is 1.